The van der Waals surface area contributed by atoms with Gasteiger partial charge in [-0.05, 0) is 32.4 Å². The molecule has 5 N–H and O–H groups in total. The lowest BCUT2D eigenvalue weighted by molar-refractivity contribution is -0.114. The lowest BCUT2D eigenvalue weighted by Crippen LogP contribution is -2.14. The summed E-state index contributed by atoms with van der Waals surface area (Å²) in [4.78, 5) is 17.7. The molecule has 162 valence electrons. The van der Waals surface area contributed by atoms with Crippen LogP contribution in [-0.4, -0.2) is 40.7 Å². The maximum absolute atomic E-state index is 11.1. The van der Waals surface area contributed by atoms with Crippen LogP contribution in [0, 0.1) is 17.3 Å². The molecule has 0 radical (unpaired) electrons. The van der Waals surface area contributed by atoms with Crippen LogP contribution in [0.25, 0.3) is 11.1 Å². The highest BCUT2D eigenvalue weighted by atomic mass is 16.1. The molecular formula is C23H34N6O. The van der Waals surface area contributed by atoms with Crippen molar-refractivity contribution in [3.63, 3.8) is 0 Å². The van der Waals surface area contributed by atoms with E-state index in [0.717, 1.165) is 23.9 Å². The number of carbonyl (C=O) groups excluding carboxylic acids is 1. The van der Waals surface area contributed by atoms with Crippen LogP contribution in [0.15, 0.2) is 41.9 Å². The number of nitrogens with two attached hydrogens (primary N) is 2. The van der Waals surface area contributed by atoms with Crippen molar-refractivity contribution in [1.29, 1.82) is 5.41 Å². The molecule has 0 aromatic carbocycles. The minimum atomic E-state index is -0.659. The fraction of sp³-hybridized carbons (Fsp3) is 0.348. The number of aromatic nitrogens is 2. The Morgan fingerprint density at radius 2 is 1.97 bits per heavy atom. The number of primary amides is 1. The summed E-state index contributed by atoms with van der Waals surface area (Å²) in [6, 6.07) is 0. The van der Waals surface area contributed by atoms with Crippen LogP contribution < -0.4 is 11.5 Å². The predicted octanol–water partition coefficient (Wildman–Crippen LogP) is 3.07. The highest BCUT2D eigenvalue weighted by molar-refractivity contribution is 5.97. The third kappa shape index (κ3) is 8.23. The average molecular weight is 411 g/mol. The molecule has 30 heavy (non-hydrogen) atoms. The van der Waals surface area contributed by atoms with Crippen molar-refractivity contribution in [3.8, 4) is 11.8 Å². The number of nitrogens with one attached hydrogen (secondary N) is 1. The molecule has 0 bridgehead atoms. The normalized spacial score (nSPS) is 12.0. The molecule has 0 saturated carbocycles. The number of amides is 1. The first-order valence-electron chi connectivity index (χ1n) is 9.46. The first kappa shape index (κ1) is 26.5. The van der Waals surface area contributed by atoms with Crippen LogP contribution in [0.2, 0.25) is 0 Å². The Labute approximate surface area is 180 Å². The van der Waals surface area contributed by atoms with Gasteiger partial charge < -0.3 is 26.3 Å². The number of nitrogens with zero attached hydrogens (tertiary/aromatic N) is 3. The van der Waals surface area contributed by atoms with E-state index in [2.05, 4.69) is 23.4 Å². The van der Waals surface area contributed by atoms with Crippen molar-refractivity contribution in [2.45, 2.75) is 34.1 Å². The van der Waals surface area contributed by atoms with Crippen LogP contribution in [-0.2, 0) is 11.8 Å². The number of carbonyl (C=O) groups is 1. The highest BCUT2D eigenvalue weighted by Crippen LogP contribution is 2.22. The molecule has 0 atom stereocenters. The molecule has 1 amide bonds. The van der Waals surface area contributed by atoms with E-state index in [1.807, 2.05) is 70.7 Å². The molecule has 0 aliphatic carbocycles. The van der Waals surface area contributed by atoms with Gasteiger partial charge in [-0.15, -0.1) is 11.8 Å². The summed E-state index contributed by atoms with van der Waals surface area (Å²) in [5.74, 6) is 5.65. The molecule has 0 unspecified atom stereocenters. The molecule has 1 aromatic heterocycles. The van der Waals surface area contributed by atoms with Gasteiger partial charge in [-0.25, -0.2) is 4.98 Å². The molecule has 1 aromatic rings. The smallest absolute Gasteiger partial charge is 0.248 e. The molecule has 0 fully saturated rings. The molecule has 0 saturated heterocycles. The number of allylic oxidation sites excluding steroid dienone is 3. The van der Waals surface area contributed by atoms with Crippen molar-refractivity contribution in [2.75, 3.05) is 14.1 Å². The van der Waals surface area contributed by atoms with Crippen LogP contribution >= 0.6 is 0 Å². The fourth-order valence-electron chi connectivity index (χ4n) is 2.50. The van der Waals surface area contributed by atoms with E-state index in [1.54, 1.807) is 0 Å². The number of imidazole rings is 1. The molecule has 0 spiro atoms. The number of aryl methyl sites for hydroxylation is 1. The predicted molar refractivity (Wildman–Crippen MR) is 126 cm³/mol. The molecule has 0 aliphatic rings. The average Bonchev–Trinajstić information content (AvgIpc) is 3.04. The second kappa shape index (κ2) is 12.8. The molecule has 7 nitrogen and oxygen atoms in total. The van der Waals surface area contributed by atoms with E-state index in [4.69, 9.17) is 16.9 Å². The molecule has 1 heterocycles. The minimum Gasteiger partial charge on any atom is -0.398 e. The van der Waals surface area contributed by atoms with E-state index in [9.17, 15) is 4.79 Å². The topological polar surface area (TPSA) is 114 Å². The maximum atomic E-state index is 11.1. The van der Waals surface area contributed by atoms with Gasteiger partial charge in [-0.1, -0.05) is 13.5 Å². The Bertz CT molecular complexity index is 933. The van der Waals surface area contributed by atoms with Gasteiger partial charge in [0.2, 0.25) is 5.91 Å². The van der Waals surface area contributed by atoms with E-state index in [1.165, 1.54) is 6.08 Å². The van der Waals surface area contributed by atoms with E-state index in [-0.39, 0.29) is 11.3 Å². The summed E-state index contributed by atoms with van der Waals surface area (Å²) < 4.78 is 1.87. The van der Waals surface area contributed by atoms with Gasteiger partial charge in [-0.2, -0.15) is 0 Å². The van der Waals surface area contributed by atoms with Gasteiger partial charge >= 0.3 is 0 Å². The molecular weight excluding hydrogens is 376 g/mol. The molecule has 0 aliphatic heterocycles. The lowest BCUT2D eigenvalue weighted by atomic mass is 10.0. The standard InChI is InChI=1S/C18H26N6O.C5H8/c1-11(17(21)25)7-15(20)14(8-19)13(3)18-22-16(10-24(18)6)12(2)9-23(4)5;1-3-5-4-2/h7-10,19H,1,20H2,2-6H3,(H2,21,25);3H2,1-2H3/b12-9+,14-13+,15-7+,19-8?;. The van der Waals surface area contributed by atoms with E-state index < -0.39 is 5.91 Å². The van der Waals surface area contributed by atoms with Gasteiger partial charge in [0.15, 0.2) is 0 Å². The summed E-state index contributed by atoms with van der Waals surface area (Å²) in [5.41, 5.74) is 14.5. The quantitative estimate of drug-likeness (QED) is 0.277. The summed E-state index contributed by atoms with van der Waals surface area (Å²) in [6.45, 7) is 11.2. The molecule has 1 rings (SSSR count). The SMILES string of the molecule is C=C(/C=C(N)\C(C=N)=C(/C)c1nc(/C(C)=C/N(C)C)cn1C)C(N)=O.CC#CCC. The van der Waals surface area contributed by atoms with Gasteiger partial charge in [0.25, 0.3) is 0 Å². The number of hydrogen-bond donors (Lipinski definition) is 3. The summed E-state index contributed by atoms with van der Waals surface area (Å²) >= 11 is 0. The largest absolute Gasteiger partial charge is 0.398 e. The zero-order valence-corrected chi connectivity index (χ0v) is 19.1. The highest BCUT2D eigenvalue weighted by Gasteiger charge is 2.14. The van der Waals surface area contributed by atoms with Crippen molar-refractivity contribution in [2.24, 2.45) is 18.5 Å². The maximum Gasteiger partial charge on any atom is 0.248 e. The minimum absolute atomic E-state index is 0.0786. The number of hydrogen-bond acceptors (Lipinski definition) is 5. The van der Waals surface area contributed by atoms with Crippen molar-refractivity contribution >= 4 is 23.3 Å². The van der Waals surface area contributed by atoms with Crippen molar-refractivity contribution in [1.82, 2.24) is 14.5 Å². The van der Waals surface area contributed by atoms with Gasteiger partial charge in [0, 0.05) is 68.6 Å². The first-order chi connectivity index (χ1) is 14.0. The van der Waals surface area contributed by atoms with Crippen LogP contribution in [0.3, 0.4) is 0 Å². The zero-order chi connectivity index (χ0) is 23.4. The Kier molecular flexibility index (Phi) is 11.3. The third-order valence-electron chi connectivity index (χ3n) is 3.93. The van der Waals surface area contributed by atoms with Gasteiger partial charge in [0.05, 0.1) is 5.69 Å². The Morgan fingerprint density at radius 1 is 1.37 bits per heavy atom. The molecule has 7 heteroatoms. The van der Waals surface area contributed by atoms with E-state index in [0.29, 0.717) is 17.0 Å². The number of rotatable bonds is 7. The van der Waals surface area contributed by atoms with Crippen LogP contribution in [0.4, 0.5) is 0 Å². The summed E-state index contributed by atoms with van der Waals surface area (Å²) in [7, 11) is 5.77. The second-order valence-electron chi connectivity index (χ2n) is 6.79. The Morgan fingerprint density at radius 3 is 2.37 bits per heavy atom. The zero-order valence-electron chi connectivity index (χ0n) is 19.1. The third-order valence-corrected chi connectivity index (χ3v) is 3.93. The van der Waals surface area contributed by atoms with Crippen LogP contribution in [0.1, 0.15) is 45.6 Å². The Balaban J connectivity index is 0.00000150. The summed E-state index contributed by atoms with van der Waals surface area (Å²) in [5, 5.41) is 7.67. The van der Waals surface area contributed by atoms with Gasteiger partial charge in [-0.3, -0.25) is 4.79 Å². The Hall–Kier alpha value is -3.53. The monoisotopic (exact) mass is 410 g/mol. The van der Waals surface area contributed by atoms with Gasteiger partial charge in [0.1, 0.15) is 5.82 Å². The lowest BCUT2D eigenvalue weighted by Gasteiger charge is -2.09. The van der Waals surface area contributed by atoms with Crippen LogP contribution in [0.5, 0.6) is 0 Å². The van der Waals surface area contributed by atoms with Crippen molar-refractivity contribution < 1.29 is 4.79 Å². The van der Waals surface area contributed by atoms with E-state index >= 15 is 0 Å². The second-order valence-corrected chi connectivity index (χ2v) is 6.79. The van der Waals surface area contributed by atoms with Crippen molar-refractivity contribution in [3.05, 3.63) is 53.4 Å². The first-order valence-corrected chi connectivity index (χ1v) is 9.46. The summed E-state index contributed by atoms with van der Waals surface area (Å²) in [6.07, 6.45) is 7.38. The fourth-order valence-corrected chi connectivity index (χ4v) is 2.50.